The lowest BCUT2D eigenvalue weighted by molar-refractivity contribution is 1.20. The van der Waals surface area contributed by atoms with Gasteiger partial charge in [0.15, 0.2) is 5.96 Å². The van der Waals surface area contributed by atoms with E-state index in [1.807, 2.05) is 0 Å². The average Bonchev–Trinajstić information content (AvgIpc) is 2.05. The van der Waals surface area contributed by atoms with E-state index in [0.717, 1.165) is 0 Å². The Labute approximate surface area is 69.6 Å². The van der Waals surface area contributed by atoms with Gasteiger partial charge in [-0.05, 0) is 12.1 Å². The monoisotopic (exact) mass is 163 g/mol. The van der Waals surface area contributed by atoms with Crippen molar-refractivity contribution in [1.29, 1.82) is 10.8 Å². The maximum absolute atomic E-state index is 7.40. The molecule has 0 aliphatic heterocycles. The van der Waals surface area contributed by atoms with E-state index in [4.69, 9.17) is 16.6 Å². The number of nitrogens with zero attached hydrogens (tertiary/aromatic N) is 1. The van der Waals surface area contributed by atoms with E-state index >= 15 is 0 Å². The molecule has 0 spiro atoms. The van der Waals surface area contributed by atoms with Gasteiger partial charge in [-0.2, -0.15) is 0 Å². The second-order valence-electron chi connectivity index (χ2n) is 2.15. The molecule has 0 amide bonds. The van der Waals surface area contributed by atoms with Gasteiger partial charge in [-0.15, -0.1) is 0 Å². The first kappa shape index (κ1) is 8.19. The van der Waals surface area contributed by atoms with Gasteiger partial charge < -0.3 is 11.1 Å². The Morgan fingerprint density at radius 1 is 1.33 bits per heavy atom. The molecule has 0 aliphatic rings. The van der Waals surface area contributed by atoms with Gasteiger partial charge in [0.1, 0.15) is 5.84 Å². The van der Waals surface area contributed by atoms with Crippen LogP contribution in [0, 0.1) is 10.8 Å². The maximum Gasteiger partial charge on any atom is 0.191 e. The van der Waals surface area contributed by atoms with Crippen LogP contribution in [-0.4, -0.2) is 16.8 Å². The molecule has 1 aromatic heterocycles. The van der Waals surface area contributed by atoms with Gasteiger partial charge in [-0.25, -0.2) is 0 Å². The molecule has 1 rings (SSSR count). The summed E-state index contributed by atoms with van der Waals surface area (Å²) in [6.07, 6.45) is 3.15. The lowest BCUT2D eigenvalue weighted by Gasteiger charge is -2.03. The van der Waals surface area contributed by atoms with Crippen LogP contribution in [0.4, 0.5) is 0 Å². The van der Waals surface area contributed by atoms with Crippen molar-refractivity contribution in [3.63, 3.8) is 0 Å². The lowest BCUT2D eigenvalue weighted by atomic mass is 10.2. The summed E-state index contributed by atoms with van der Waals surface area (Å²) in [4.78, 5) is 3.80. The van der Waals surface area contributed by atoms with Crippen molar-refractivity contribution >= 4 is 11.8 Å². The molecule has 5 N–H and O–H groups in total. The molecule has 5 heteroatoms. The van der Waals surface area contributed by atoms with Crippen LogP contribution < -0.4 is 11.1 Å². The van der Waals surface area contributed by atoms with E-state index in [9.17, 15) is 0 Å². The zero-order valence-corrected chi connectivity index (χ0v) is 6.33. The summed E-state index contributed by atoms with van der Waals surface area (Å²) in [6.45, 7) is 0. The number of pyridine rings is 1. The number of rotatable bonds is 1. The van der Waals surface area contributed by atoms with Crippen LogP contribution in [0.3, 0.4) is 0 Å². The third-order valence-corrected chi connectivity index (χ3v) is 1.23. The van der Waals surface area contributed by atoms with Gasteiger partial charge in [0.25, 0.3) is 0 Å². The van der Waals surface area contributed by atoms with Crippen molar-refractivity contribution in [2.45, 2.75) is 0 Å². The number of hydrogen-bond donors (Lipinski definition) is 4. The van der Waals surface area contributed by atoms with Crippen LogP contribution >= 0.6 is 0 Å². The number of nitrogens with two attached hydrogens (primary N) is 1. The first-order valence-corrected chi connectivity index (χ1v) is 3.30. The summed E-state index contributed by atoms with van der Waals surface area (Å²) in [5, 5.41) is 16.7. The zero-order chi connectivity index (χ0) is 8.97. The lowest BCUT2D eigenvalue weighted by Crippen LogP contribution is -2.35. The van der Waals surface area contributed by atoms with Gasteiger partial charge in [0.2, 0.25) is 0 Å². The predicted molar refractivity (Wildman–Crippen MR) is 46.1 cm³/mol. The van der Waals surface area contributed by atoms with E-state index in [1.165, 1.54) is 0 Å². The van der Waals surface area contributed by atoms with Crippen molar-refractivity contribution in [2.75, 3.05) is 0 Å². The molecule has 0 atom stereocenters. The fraction of sp³-hybridized carbons (Fsp3) is 0. The quantitative estimate of drug-likeness (QED) is 0.343. The van der Waals surface area contributed by atoms with Crippen LogP contribution in [0.15, 0.2) is 24.5 Å². The second-order valence-corrected chi connectivity index (χ2v) is 2.15. The van der Waals surface area contributed by atoms with Crippen molar-refractivity contribution in [2.24, 2.45) is 5.73 Å². The summed E-state index contributed by atoms with van der Waals surface area (Å²) >= 11 is 0. The zero-order valence-electron chi connectivity index (χ0n) is 6.33. The Kier molecular flexibility index (Phi) is 2.37. The summed E-state index contributed by atoms with van der Waals surface area (Å²) in [7, 11) is 0. The van der Waals surface area contributed by atoms with E-state index < -0.39 is 0 Å². The van der Waals surface area contributed by atoms with E-state index in [-0.39, 0.29) is 11.8 Å². The second kappa shape index (κ2) is 3.47. The van der Waals surface area contributed by atoms with E-state index in [1.54, 1.807) is 24.5 Å². The standard InChI is InChI=1S/C7H9N5/c8-6(12-7(9)10)5-1-3-11-4-2-5/h1-4H,(H5,8,9,10,12). The molecule has 0 unspecified atom stereocenters. The molecular weight excluding hydrogens is 154 g/mol. The maximum atomic E-state index is 7.40. The van der Waals surface area contributed by atoms with Crippen molar-refractivity contribution < 1.29 is 0 Å². The highest BCUT2D eigenvalue weighted by atomic mass is 15.1. The highest BCUT2D eigenvalue weighted by Gasteiger charge is 1.99. The van der Waals surface area contributed by atoms with Gasteiger partial charge in [-0.3, -0.25) is 15.8 Å². The molecule has 0 bridgehead atoms. The predicted octanol–water partition coefficient (Wildman–Crippen LogP) is -0.110. The van der Waals surface area contributed by atoms with Crippen LogP contribution in [-0.2, 0) is 0 Å². The average molecular weight is 163 g/mol. The minimum atomic E-state index is -0.239. The molecule has 0 aliphatic carbocycles. The van der Waals surface area contributed by atoms with Crippen molar-refractivity contribution in [1.82, 2.24) is 10.3 Å². The minimum Gasteiger partial charge on any atom is -0.370 e. The highest BCUT2D eigenvalue weighted by Crippen LogP contribution is 1.94. The number of hydrogen-bond acceptors (Lipinski definition) is 3. The smallest absolute Gasteiger partial charge is 0.191 e. The Morgan fingerprint density at radius 3 is 2.42 bits per heavy atom. The third-order valence-electron chi connectivity index (χ3n) is 1.23. The first-order chi connectivity index (χ1) is 5.70. The summed E-state index contributed by atoms with van der Waals surface area (Å²) in [5.74, 6) is -0.137. The molecule has 1 aromatic rings. The highest BCUT2D eigenvalue weighted by molar-refractivity contribution is 6.05. The molecule has 0 saturated heterocycles. The number of aromatic nitrogens is 1. The molecule has 12 heavy (non-hydrogen) atoms. The summed E-state index contributed by atoms with van der Waals surface area (Å²) < 4.78 is 0. The summed E-state index contributed by atoms with van der Waals surface area (Å²) in [6, 6.07) is 3.33. The van der Waals surface area contributed by atoms with Gasteiger partial charge in [0.05, 0.1) is 0 Å². The van der Waals surface area contributed by atoms with Gasteiger partial charge in [-0.1, -0.05) is 0 Å². The van der Waals surface area contributed by atoms with Crippen molar-refractivity contribution in [3.05, 3.63) is 30.1 Å². The van der Waals surface area contributed by atoms with Crippen molar-refractivity contribution in [3.8, 4) is 0 Å². The molecule has 0 aromatic carbocycles. The SMILES string of the molecule is N=C(N)NC(=N)c1ccncc1. The molecular formula is C7H9N5. The normalized spacial score (nSPS) is 9.00. The first-order valence-electron chi connectivity index (χ1n) is 3.30. The van der Waals surface area contributed by atoms with E-state index in [0.29, 0.717) is 5.56 Å². The number of amidine groups is 1. The topological polar surface area (TPSA) is 98.6 Å². The largest absolute Gasteiger partial charge is 0.370 e. The van der Waals surface area contributed by atoms with Crippen LogP contribution in [0.25, 0.3) is 0 Å². The fourth-order valence-electron chi connectivity index (χ4n) is 0.725. The molecule has 62 valence electrons. The minimum absolute atomic E-state index is 0.102. The third kappa shape index (κ3) is 2.05. The molecule has 1 heterocycles. The van der Waals surface area contributed by atoms with Gasteiger partial charge in [0, 0.05) is 18.0 Å². The summed E-state index contributed by atoms with van der Waals surface area (Å²) in [5.41, 5.74) is 5.70. The Bertz CT molecular complexity index is 292. The number of nitrogens with one attached hydrogen (secondary N) is 3. The number of guanidine groups is 1. The Morgan fingerprint density at radius 2 is 1.92 bits per heavy atom. The van der Waals surface area contributed by atoms with Crippen LogP contribution in [0.5, 0.6) is 0 Å². The van der Waals surface area contributed by atoms with E-state index in [2.05, 4.69) is 10.3 Å². The fourth-order valence-corrected chi connectivity index (χ4v) is 0.725. The molecule has 0 saturated carbocycles. The molecule has 5 nitrogen and oxygen atoms in total. The Hall–Kier alpha value is -1.91. The molecule has 0 fully saturated rings. The van der Waals surface area contributed by atoms with Gasteiger partial charge >= 0.3 is 0 Å². The van der Waals surface area contributed by atoms with Crippen LogP contribution in [0.2, 0.25) is 0 Å². The molecule has 0 radical (unpaired) electrons. The van der Waals surface area contributed by atoms with Crippen LogP contribution in [0.1, 0.15) is 5.56 Å². The Balaban J connectivity index is 2.73.